The Hall–Kier alpha value is -7.52. The van der Waals surface area contributed by atoms with Crippen LogP contribution in [-0.4, -0.2) is 4.57 Å². The Labute approximate surface area is 362 Å². The number of fused-ring (bicyclic) bond motifs is 8. The lowest BCUT2D eigenvalue weighted by Crippen LogP contribution is -2.39. The van der Waals surface area contributed by atoms with Crippen molar-refractivity contribution in [2.45, 2.75) is 24.8 Å². The Morgan fingerprint density at radius 3 is 1.55 bits per heavy atom. The summed E-state index contributed by atoms with van der Waals surface area (Å²) in [5.74, 6) is 0. The van der Waals surface area contributed by atoms with Gasteiger partial charge >= 0.3 is 0 Å². The molecule has 0 unspecified atom stereocenters. The number of hydrogen-bond acceptors (Lipinski definition) is 1. The molecule has 1 heterocycles. The van der Waals surface area contributed by atoms with Gasteiger partial charge in [-0.25, -0.2) is 0 Å². The molecule has 294 valence electrons. The highest BCUT2D eigenvalue weighted by molar-refractivity contribution is 6.10. The van der Waals surface area contributed by atoms with Gasteiger partial charge in [-0.15, -0.1) is 0 Å². The zero-order valence-electron chi connectivity index (χ0n) is 34.8. The van der Waals surface area contributed by atoms with Crippen molar-refractivity contribution in [2.75, 3.05) is 0 Å². The van der Waals surface area contributed by atoms with Crippen molar-refractivity contribution in [3.05, 3.63) is 246 Å². The molecule has 12 rings (SSSR count). The lowest BCUT2D eigenvalue weighted by atomic mass is 9.77. The molecule has 0 radical (unpaired) electrons. The largest absolute Gasteiger partial charge is 0.314 e. The van der Waals surface area contributed by atoms with Gasteiger partial charge in [0.15, 0.2) is 0 Å². The summed E-state index contributed by atoms with van der Waals surface area (Å²) in [6, 6.07) is 79.8. The van der Waals surface area contributed by atoms with Crippen LogP contribution in [0, 0.1) is 0 Å². The first kappa shape index (κ1) is 36.3. The predicted molar refractivity (Wildman–Crippen MR) is 261 cm³/mol. The van der Waals surface area contributed by atoms with E-state index in [0.717, 1.165) is 22.4 Å². The van der Waals surface area contributed by atoms with Crippen LogP contribution in [0.3, 0.4) is 0 Å². The Morgan fingerprint density at radius 1 is 0.371 bits per heavy atom. The maximum atomic E-state index is 7.80. The number of hydrogen-bond donors (Lipinski definition) is 1. The van der Waals surface area contributed by atoms with Crippen LogP contribution < -0.4 is 5.73 Å². The quantitative estimate of drug-likeness (QED) is 0.167. The van der Waals surface area contributed by atoms with Crippen LogP contribution in [0.1, 0.15) is 41.7 Å². The summed E-state index contributed by atoms with van der Waals surface area (Å²) in [4.78, 5) is 0. The smallest absolute Gasteiger partial charge is 0.0923 e. The summed E-state index contributed by atoms with van der Waals surface area (Å²) in [5.41, 5.74) is 23.7. The van der Waals surface area contributed by atoms with Crippen LogP contribution in [0.15, 0.2) is 218 Å². The summed E-state index contributed by atoms with van der Waals surface area (Å²) >= 11 is 0. The second-order valence-corrected chi connectivity index (χ2v) is 17.5. The van der Waals surface area contributed by atoms with E-state index in [1.165, 1.54) is 87.9 Å². The molecule has 0 fully saturated rings. The Balaban J connectivity index is 0.993. The average molecular weight is 793 g/mol. The van der Waals surface area contributed by atoms with E-state index in [4.69, 9.17) is 5.73 Å². The molecule has 1 aliphatic rings. The van der Waals surface area contributed by atoms with Crippen molar-refractivity contribution < 1.29 is 0 Å². The van der Waals surface area contributed by atoms with E-state index in [-0.39, 0.29) is 5.41 Å². The van der Waals surface area contributed by atoms with Gasteiger partial charge in [0.25, 0.3) is 0 Å². The molecule has 0 amide bonds. The van der Waals surface area contributed by atoms with E-state index in [9.17, 15) is 0 Å². The number of rotatable bonds is 6. The SMILES string of the molecule is CC1(C)c2ccccc2-c2ccc(-c3ccccc3-c3ccc4c5ccccc5n(-c5ccc(C(N)(c6ccc7ccccc7c6)c6ccc7ccccc7c6)cc5)c4c3)cc21. The number of para-hydroxylation sites is 1. The van der Waals surface area contributed by atoms with Crippen LogP contribution in [0.25, 0.3) is 82.4 Å². The lowest BCUT2D eigenvalue weighted by molar-refractivity contribution is 0.654. The summed E-state index contributed by atoms with van der Waals surface area (Å²) in [5, 5.41) is 7.19. The standard InChI is InChI=1S/C60H44N2/c1-59(2)55-21-11-9-19-51(55)52-33-25-43(37-56(52)59)49-17-7-8-18-50(49)44-26-34-54-53-20-10-12-22-57(53)62(58(54)38-44)48-31-29-45(30-32-48)60(61,46-27-23-39-13-3-5-15-41(39)35-46)47-28-24-40-14-4-6-16-42(40)36-47/h3-38H,61H2,1-2H3. The fraction of sp³-hybridized carbons (Fsp3) is 0.0667. The van der Waals surface area contributed by atoms with E-state index >= 15 is 0 Å². The monoisotopic (exact) mass is 792 g/mol. The highest BCUT2D eigenvalue weighted by Gasteiger charge is 2.36. The predicted octanol–water partition coefficient (Wildman–Crippen LogP) is 15.0. The van der Waals surface area contributed by atoms with Crippen molar-refractivity contribution in [1.82, 2.24) is 4.57 Å². The topological polar surface area (TPSA) is 30.9 Å². The highest BCUT2D eigenvalue weighted by Crippen LogP contribution is 2.50. The molecule has 0 aliphatic heterocycles. The fourth-order valence-corrected chi connectivity index (χ4v) is 10.5. The number of nitrogens with zero attached hydrogens (tertiary/aromatic N) is 1. The van der Waals surface area contributed by atoms with Gasteiger partial charge in [0.05, 0.1) is 16.6 Å². The van der Waals surface area contributed by atoms with Gasteiger partial charge in [-0.3, -0.25) is 0 Å². The molecule has 0 saturated carbocycles. The van der Waals surface area contributed by atoms with Crippen molar-refractivity contribution in [1.29, 1.82) is 0 Å². The Morgan fingerprint density at radius 2 is 0.871 bits per heavy atom. The summed E-state index contributed by atoms with van der Waals surface area (Å²) < 4.78 is 2.42. The van der Waals surface area contributed by atoms with Crippen LogP contribution in [-0.2, 0) is 11.0 Å². The molecule has 1 aromatic heterocycles. The second-order valence-electron chi connectivity index (χ2n) is 17.5. The van der Waals surface area contributed by atoms with Gasteiger partial charge in [-0.1, -0.05) is 190 Å². The summed E-state index contributed by atoms with van der Waals surface area (Å²) in [6.07, 6.45) is 0. The van der Waals surface area contributed by atoms with Crippen molar-refractivity contribution in [3.63, 3.8) is 0 Å². The summed E-state index contributed by atoms with van der Waals surface area (Å²) in [7, 11) is 0. The fourth-order valence-electron chi connectivity index (χ4n) is 10.5. The average Bonchev–Trinajstić information content (AvgIpc) is 3.78. The highest BCUT2D eigenvalue weighted by atomic mass is 15.0. The van der Waals surface area contributed by atoms with Crippen molar-refractivity contribution in [2.24, 2.45) is 5.73 Å². The van der Waals surface area contributed by atoms with Crippen molar-refractivity contribution in [3.8, 4) is 39.1 Å². The zero-order chi connectivity index (χ0) is 41.6. The lowest BCUT2D eigenvalue weighted by Gasteiger charge is -2.32. The van der Waals surface area contributed by atoms with Gasteiger partial charge in [-0.2, -0.15) is 0 Å². The normalized spacial score (nSPS) is 13.2. The van der Waals surface area contributed by atoms with Crippen molar-refractivity contribution >= 4 is 43.4 Å². The Kier molecular flexibility index (Phi) is 8.06. The third-order valence-electron chi connectivity index (χ3n) is 13.8. The van der Waals surface area contributed by atoms with E-state index in [0.29, 0.717) is 0 Å². The molecule has 0 spiro atoms. The first-order valence-corrected chi connectivity index (χ1v) is 21.6. The molecule has 0 atom stereocenters. The van der Waals surface area contributed by atoms with E-state index in [1.807, 2.05) is 0 Å². The van der Waals surface area contributed by atoms with Gasteiger partial charge < -0.3 is 10.3 Å². The maximum Gasteiger partial charge on any atom is 0.0923 e. The molecule has 2 N–H and O–H groups in total. The molecule has 0 bridgehead atoms. The zero-order valence-corrected chi connectivity index (χ0v) is 34.8. The molecule has 1 aliphatic carbocycles. The molecule has 11 aromatic rings. The van der Waals surface area contributed by atoms with Crippen LogP contribution in [0.4, 0.5) is 0 Å². The minimum Gasteiger partial charge on any atom is -0.314 e. The third kappa shape index (κ3) is 5.47. The first-order chi connectivity index (χ1) is 30.4. The van der Waals surface area contributed by atoms with Crippen LogP contribution >= 0.6 is 0 Å². The van der Waals surface area contributed by atoms with E-state index in [2.05, 4.69) is 237 Å². The van der Waals surface area contributed by atoms with Gasteiger partial charge in [-0.05, 0) is 125 Å². The van der Waals surface area contributed by atoms with E-state index in [1.54, 1.807) is 0 Å². The first-order valence-electron chi connectivity index (χ1n) is 21.6. The summed E-state index contributed by atoms with van der Waals surface area (Å²) in [6.45, 7) is 4.71. The molecule has 2 nitrogen and oxygen atoms in total. The number of aromatic nitrogens is 1. The van der Waals surface area contributed by atoms with Crippen LogP contribution in [0.5, 0.6) is 0 Å². The molecule has 62 heavy (non-hydrogen) atoms. The Bertz CT molecular complexity index is 3490. The molecular weight excluding hydrogens is 749 g/mol. The molecule has 2 heteroatoms. The number of benzene rings is 10. The molecule has 10 aromatic carbocycles. The van der Waals surface area contributed by atoms with Gasteiger partial charge in [0.2, 0.25) is 0 Å². The third-order valence-corrected chi connectivity index (χ3v) is 13.8. The maximum absolute atomic E-state index is 7.80. The molecular formula is C60H44N2. The van der Waals surface area contributed by atoms with Gasteiger partial charge in [0, 0.05) is 21.9 Å². The van der Waals surface area contributed by atoms with E-state index < -0.39 is 5.54 Å². The minimum atomic E-state index is -0.903. The minimum absolute atomic E-state index is 0.0687. The second kappa shape index (κ2) is 13.8. The molecule has 0 saturated heterocycles. The van der Waals surface area contributed by atoms with Gasteiger partial charge in [0.1, 0.15) is 0 Å². The van der Waals surface area contributed by atoms with Crippen LogP contribution in [0.2, 0.25) is 0 Å². The number of nitrogens with two attached hydrogens (primary N) is 1.